The summed E-state index contributed by atoms with van der Waals surface area (Å²) in [7, 11) is 1.30. The lowest BCUT2D eigenvalue weighted by Gasteiger charge is -2.18. The largest absolute Gasteiger partial charge is 0.467 e. The standard InChI is InChI=1S/C13H16BrNO3S/c1-8(19-3)12(16)15-11(13(17)18-2)9-4-6-10(14)7-5-9/h4-8,11H,1-3H3,(H,15,16)/t8-,11-/m1/s1. The maximum Gasteiger partial charge on any atom is 0.333 e. The first-order chi connectivity index (χ1) is 8.99. The van der Waals surface area contributed by atoms with Crippen molar-refractivity contribution in [3.8, 4) is 0 Å². The molecular weight excluding hydrogens is 330 g/mol. The molecule has 0 aliphatic carbocycles. The molecule has 0 aliphatic rings. The average molecular weight is 346 g/mol. The first kappa shape index (κ1) is 16.0. The molecule has 0 spiro atoms. The minimum absolute atomic E-state index is 0.189. The molecule has 19 heavy (non-hydrogen) atoms. The van der Waals surface area contributed by atoms with Gasteiger partial charge in [0.15, 0.2) is 6.04 Å². The normalized spacial score (nSPS) is 13.5. The van der Waals surface area contributed by atoms with Crippen LogP contribution in [-0.2, 0) is 14.3 Å². The number of hydrogen-bond donors (Lipinski definition) is 1. The molecule has 0 bridgehead atoms. The van der Waals surface area contributed by atoms with Crippen LogP contribution in [0.3, 0.4) is 0 Å². The fourth-order valence-electron chi connectivity index (χ4n) is 1.42. The first-order valence-corrected chi connectivity index (χ1v) is 7.74. The van der Waals surface area contributed by atoms with Crippen LogP contribution in [0.5, 0.6) is 0 Å². The molecule has 1 rings (SSSR count). The van der Waals surface area contributed by atoms with Crippen molar-refractivity contribution in [2.24, 2.45) is 0 Å². The Morgan fingerprint density at radius 1 is 1.32 bits per heavy atom. The fourth-order valence-corrected chi connectivity index (χ4v) is 1.96. The zero-order chi connectivity index (χ0) is 14.4. The highest BCUT2D eigenvalue weighted by Crippen LogP contribution is 2.19. The van der Waals surface area contributed by atoms with E-state index in [1.165, 1.54) is 18.9 Å². The van der Waals surface area contributed by atoms with E-state index in [0.29, 0.717) is 5.56 Å². The zero-order valence-corrected chi connectivity index (χ0v) is 13.4. The van der Waals surface area contributed by atoms with Crippen molar-refractivity contribution in [2.45, 2.75) is 18.2 Å². The summed E-state index contributed by atoms with van der Waals surface area (Å²) < 4.78 is 5.65. The van der Waals surface area contributed by atoms with Gasteiger partial charge in [0.25, 0.3) is 0 Å². The second-order valence-corrected chi connectivity index (χ2v) is 5.99. The van der Waals surface area contributed by atoms with Gasteiger partial charge in [0, 0.05) is 4.47 Å². The van der Waals surface area contributed by atoms with E-state index >= 15 is 0 Å². The van der Waals surface area contributed by atoms with Crippen LogP contribution in [0.15, 0.2) is 28.7 Å². The molecule has 0 saturated heterocycles. The second-order valence-electron chi connectivity index (χ2n) is 3.89. The molecule has 0 saturated carbocycles. The van der Waals surface area contributed by atoms with Gasteiger partial charge >= 0.3 is 5.97 Å². The smallest absolute Gasteiger partial charge is 0.333 e. The third kappa shape index (κ3) is 4.54. The van der Waals surface area contributed by atoms with Crippen molar-refractivity contribution in [1.82, 2.24) is 5.32 Å². The number of ether oxygens (including phenoxy) is 1. The second kappa shape index (κ2) is 7.55. The van der Waals surface area contributed by atoms with Gasteiger partial charge in [-0.25, -0.2) is 4.79 Å². The predicted octanol–water partition coefficient (Wildman–Crippen LogP) is 2.53. The number of thioether (sulfide) groups is 1. The van der Waals surface area contributed by atoms with Crippen LogP contribution in [0.1, 0.15) is 18.5 Å². The van der Waals surface area contributed by atoms with Gasteiger partial charge in [-0.3, -0.25) is 4.79 Å². The minimum atomic E-state index is -0.778. The number of halogens is 1. The Morgan fingerprint density at radius 2 is 1.89 bits per heavy atom. The molecule has 1 N–H and O–H groups in total. The highest BCUT2D eigenvalue weighted by atomic mass is 79.9. The first-order valence-electron chi connectivity index (χ1n) is 5.66. The Hall–Kier alpha value is -1.01. The van der Waals surface area contributed by atoms with Crippen LogP contribution >= 0.6 is 27.7 Å². The van der Waals surface area contributed by atoms with E-state index in [9.17, 15) is 9.59 Å². The highest BCUT2D eigenvalue weighted by molar-refractivity contribution is 9.10. The van der Waals surface area contributed by atoms with E-state index < -0.39 is 12.0 Å². The fraction of sp³-hybridized carbons (Fsp3) is 0.385. The Bertz CT molecular complexity index is 450. The molecule has 0 fully saturated rings. The van der Waals surface area contributed by atoms with Gasteiger partial charge in [-0.1, -0.05) is 28.1 Å². The topological polar surface area (TPSA) is 55.4 Å². The molecule has 0 aromatic heterocycles. The summed E-state index contributed by atoms with van der Waals surface area (Å²) in [5.74, 6) is -0.671. The molecule has 104 valence electrons. The zero-order valence-electron chi connectivity index (χ0n) is 11.0. The summed E-state index contributed by atoms with van der Waals surface area (Å²) in [5.41, 5.74) is 0.691. The van der Waals surface area contributed by atoms with Gasteiger partial charge in [0.05, 0.1) is 12.4 Å². The third-order valence-electron chi connectivity index (χ3n) is 2.65. The van der Waals surface area contributed by atoms with Crippen LogP contribution < -0.4 is 5.32 Å². The number of amides is 1. The number of carbonyl (C=O) groups is 2. The molecule has 1 aromatic carbocycles. The van der Waals surface area contributed by atoms with Crippen molar-refractivity contribution in [2.75, 3.05) is 13.4 Å². The number of benzene rings is 1. The summed E-state index contributed by atoms with van der Waals surface area (Å²) >= 11 is 4.75. The number of carbonyl (C=O) groups excluding carboxylic acids is 2. The van der Waals surface area contributed by atoms with Crippen molar-refractivity contribution in [3.05, 3.63) is 34.3 Å². The highest BCUT2D eigenvalue weighted by Gasteiger charge is 2.25. The lowest BCUT2D eigenvalue weighted by molar-refractivity contribution is -0.145. The molecule has 4 nitrogen and oxygen atoms in total. The van der Waals surface area contributed by atoms with E-state index in [-0.39, 0.29) is 11.2 Å². The van der Waals surface area contributed by atoms with Gasteiger partial charge < -0.3 is 10.1 Å². The maximum absolute atomic E-state index is 11.9. The van der Waals surface area contributed by atoms with Crippen LogP contribution in [0.2, 0.25) is 0 Å². The Kier molecular flexibility index (Phi) is 6.37. The molecule has 1 aromatic rings. The average Bonchev–Trinajstić information content (AvgIpc) is 2.43. The van der Waals surface area contributed by atoms with E-state index in [0.717, 1.165) is 4.47 Å². The lowest BCUT2D eigenvalue weighted by Crippen LogP contribution is -2.38. The van der Waals surface area contributed by atoms with Crippen LogP contribution in [0, 0.1) is 0 Å². The number of nitrogens with one attached hydrogen (secondary N) is 1. The van der Waals surface area contributed by atoms with Gasteiger partial charge in [0.2, 0.25) is 5.91 Å². The van der Waals surface area contributed by atoms with Crippen molar-refractivity contribution >= 4 is 39.6 Å². The van der Waals surface area contributed by atoms with Crippen LogP contribution in [-0.4, -0.2) is 30.5 Å². The molecule has 2 atom stereocenters. The Balaban J connectivity index is 2.92. The number of esters is 1. The van der Waals surface area contributed by atoms with Crippen molar-refractivity contribution in [1.29, 1.82) is 0 Å². The molecule has 0 aliphatic heterocycles. The quantitative estimate of drug-likeness (QED) is 0.833. The summed E-state index contributed by atoms with van der Waals surface area (Å²) in [6.07, 6.45) is 1.84. The summed E-state index contributed by atoms with van der Waals surface area (Å²) in [5, 5.41) is 2.48. The SMILES string of the molecule is COC(=O)[C@H](NC(=O)[C@@H](C)SC)c1ccc(Br)cc1. The van der Waals surface area contributed by atoms with Crippen LogP contribution in [0.4, 0.5) is 0 Å². The predicted molar refractivity (Wildman–Crippen MR) is 80.0 cm³/mol. The summed E-state index contributed by atoms with van der Waals surface area (Å²) in [6, 6.07) is 6.40. The van der Waals surface area contributed by atoms with Gasteiger partial charge in [-0.2, -0.15) is 11.8 Å². The van der Waals surface area contributed by atoms with Gasteiger partial charge in [-0.15, -0.1) is 0 Å². The van der Waals surface area contributed by atoms with E-state index in [1.54, 1.807) is 19.1 Å². The molecular formula is C13H16BrNO3S. The number of hydrogen-bond acceptors (Lipinski definition) is 4. The van der Waals surface area contributed by atoms with E-state index in [2.05, 4.69) is 21.2 Å². The van der Waals surface area contributed by atoms with Crippen LogP contribution in [0.25, 0.3) is 0 Å². The monoisotopic (exact) mass is 345 g/mol. The summed E-state index contributed by atoms with van der Waals surface area (Å²) in [6.45, 7) is 1.79. The molecule has 0 heterocycles. The van der Waals surface area contributed by atoms with E-state index in [4.69, 9.17) is 4.74 Å². The number of rotatable bonds is 5. The third-order valence-corrected chi connectivity index (χ3v) is 4.10. The summed E-state index contributed by atoms with van der Waals surface area (Å²) in [4.78, 5) is 23.7. The number of methoxy groups -OCH3 is 1. The lowest BCUT2D eigenvalue weighted by atomic mass is 10.1. The molecule has 1 amide bonds. The molecule has 0 unspecified atom stereocenters. The van der Waals surface area contributed by atoms with Gasteiger partial charge in [0.1, 0.15) is 0 Å². The van der Waals surface area contributed by atoms with Crippen molar-refractivity contribution < 1.29 is 14.3 Å². The molecule has 6 heteroatoms. The van der Waals surface area contributed by atoms with Crippen molar-refractivity contribution in [3.63, 3.8) is 0 Å². The minimum Gasteiger partial charge on any atom is -0.467 e. The maximum atomic E-state index is 11.9. The van der Waals surface area contributed by atoms with Gasteiger partial charge in [-0.05, 0) is 30.9 Å². The Morgan fingerprint density at radius 3 is 2.37 bits per heavy atom. The van der Waals surface area contributed by atoms with E-state index in [1.807, 2.05) is 18.4 Å². The Labute approximate surface area is 125 Å². The molecule has 0 radical (unpaired) electrons.